The van der Waals surface area contributed by atoms with Crippen molar-refractivity contribution in [3.05, 3.63) is 29.8 Å². The van der Waals surface area contributed by atoms with E-state index in [0.29, 0.717) is 24.5 Å². The maximum Gasteiger partial charge on any atom is 0.338 e. The normalized spacial score (nSPS) is 10.5. The van der Waals surface area contributed by atoms with Crippen LogP contribution in [0.15, 0.2) is 24.3 Å². The molecule has 0 unspecified atom stereocenters. The van der Waals surface area contributed by atoms with E-state index in [-0.39, 0.29) is 6.61 Å². The fourth-order valence-corrected chi connectivity index (χ4v) is 1.49. The van der Waals surface area contributed by atoms with Gasteiger partial charge >= 0.3 is 5.97 Å². The van der Waals surface area contributed by atoms with E-state index in [0.717, 1.165) is 0 Å². The molecule has 0 aliphatic rings. The molecule has 0 aromatic heterocycles. The Morgan fingerprint density at radius 3 is 2.47 bits per heavy atom. The molecule has 0 spiro atoms. The number of esters is 1. The molecule has 0 aliphatic heterocycles. The predicted molar refractivity (Wildman–Crippen MR) is 70.3 cm³/mol. The lowest BCUT2D eigenvalue weighted by Gasteiger charge is -2.16. The monoisotopic (exact) mass is 268 g/mol. The summed E-state index contributed by atoms with van der Waals surface area (Å²) < 4.78 is 20.8. The average molecular weight is 268 g/mol. The van der Waals surface area contributed by atoms with Crippen LogP contribution in [0.25, 0.3) is 0 Å². The van der Waals surface area contributed by atoms with Gasteiger partial charge in [0.2, 0.25) is 0 Å². The molecule has 0 heterocycles. The zero-order valence-corrected chi connectivity index (χ0v) is 11.5. The fraction of sp³-hybridized carbons (Fsp3) is 0.500. The van der Waals surface area contributed by atoms with Crippen molar-refractivity contribution in [1.82, 2.24) is 0 Å². The molecule has 0 N–H and O–H groups in total. The summed E-state index contributed by atoms with van der Waals surface area (Å²) in [5, 5.41) is 0. The first-order chi connectivity index (χ1) is 9.21. The molecule has 106 valence electrons. The van der Waals surface area contributed by atoms with Crippen molar-refractivity contribution in [2.45, 2.75) is 20.1 Å². The van der Waals surface area contributed by atoms with Gasteiger partial charge in [-0.15, -0.1) is 0 Å². The summed E-state index contributed by atoms with van der Waals surface area (Å²) in [7, 11) is 1.55. The van der Waals surface area contributed by atoms with Crippen LogP contribution < -0.4 is 4.74 Å². The highest BCUT2D eigenvalue weighted by atomic mass is 16.7. The third-order valence-corrected chi connectivity index (χ3v) is 2.36. The Morgan fingerprint density at radius 2 is 1.89 bits per heavy atom. The average Bonchev–Trinajstić information content (AvgIpc) is 2.45. The van der Waals surface area contributed by atoms with Gasteiger partial charge in [-0.2, -0.15) is 0 Å². The summed E-state index contributed by atoms with van der Waals surface area (Å²) in [6.07, 6.45) is -0.524. The van der Waals surface area contributed by atoms with Gasteiger partial charge in [-0.3, -0.25) is 0 Å². The van der Waals surface area contributed by atoms with Gasteiger partial charge in [-0.1, -0.05) is 6.07 Å². The second-order valence-corrected chi connectivity index (χ2v) is 3.67. The second kappa shape index (κ2) is 8.50. The van der Waals surface area contributed by atoms with Crippen molar-refractivity contribution in [3.8, 4) is 5.75 Å². The van der Waals surface area contributed by atoms with Crippen molar-refractivity contribution in [3.63, 3.8) is 0 Å². The molecule has 0 saturated heterocycles. The molecule has 19 heavy (non-hydrogen) atoms. The van der Waals surface area contributed by atoms with Crippen molar-refractivity contribution in [1.29, 1.82) is 0 Å². The van der Waals surface area contributed by atoms with Crippen LogP contribution in [-0.4, -0.2) is 39.2 Å². The maximum absolute atomic E-state index is 11.8. The first kappa shape index (κ1) is 15.5. The molecule has 0 amide bonds. The fourth-order valence-electron chi connectivity index (χ4n) is 1.49. The minimum Gasteiger partial charge on any atom is -0.497 e. The largest absolute Gasteiger partial charge is 0.497 e. The molecule has 0 saturated carbocycles. The number of carbonyl (C=O) groups excluding carboxylic acids is 1. The van der Waals surface area contributed by atoms with Gasteiger partial charge in [0.15, 0.2) is 6.29 Å². The number of hydrogen-bond acceptors (Lipinski definition) is 5. The molecule has 1 aromatic rings. The van der Waals surface area contributed by atoms with E-state index in [4.69, 9.17) is 18.9 Å². The summed E-state index contributed by atoms with van der Waals surface area (Å²) >= 11 is 0. The summed E-state index contributed by atoms with van der Waals surface area (Å²) in [4.78, 5) is 11.8. The third kappa shape index (κ3) is 5.28. The molecule has 0 fully saturated rings. The summed E-state index contributed by atoms with van der Waals surface area (Å²) in [5.41, 5.74) is 0.436. The number of ether oxygens (including phenoxy) is 4. The van der Waals surface area contributed by atoms with Crippen molar-refractivity contribution >= 4 is 5.97 Å². The molecule has 0 aliphatic carbocycles. The van der Waals surface area contributed by atoms with Crippen LogP contribution in [-0.2, 0) is 14.2 Å². The van der Waals surface area contributed by atoms with Gasteiger partial charge in [0.05, 0.1) is 12.7 Å². The van der Waals surface area contributed by atoms with Gasteiger partial charge in [0.25, 0.3) is 0 Å². The first-order valence-electron chi connectivity index (χ1n) is 6.25. The second-order valence-electron chi connectivity index (χ2n) is 3.67. The number of methoxy groups -OCH3 is 1. The Kier molecular flexibility index (Phi) is 6.92. The summed E-state index contributed by atoms with van der Waals surface area (Å²) in [5.74, 6) is 0.184. The molecule has 5 nitrogen and oxygen atoms in total. The lowest BCUT2D eigenvalue weighted by molar-refractivity contribution is -0.158. The molecular weight excluding hydrogens is 248 g/mol. The van der Waals surface area contributed by atoms with Crippen LogP contribution in [0.2, 0.25) is 0 Å². The highest BCUT2D eigenvalue weighted by Gasteiger charge is 2.13. The molecule has 5 heteroatoms. The zero-order valence-electron chi connectivity index (χ0n) is 11.5. The minimum atomic E-state index is -0.524. The van der Waals surface area contributed by atoms with Crippen molar-refractivity contribution < 1.29 is 23.7 Å². The van der Waals surface area contributed by atoms with E-state index in [1.165, 1.54) is 0 Å². The maximum atomic E-state index is 11.8. The summed E-state index contributed by atoms with van der Waals surface area (Å²) in [6.45, 7) is 4.78. The number of hydrogen-bond donors (Lipinski definition) is 0. The van der Waals surface area contributed by atoms with E-state index in [9.17, 15) is 4.79 Å². The van der Waals surface area contributed by atoms with E-state index < -0.39 is 12.3 Å². The van der Waals surface area contributed by atoms with Crippen molar-refractivity contribution in [2.24, 2.45) is 0 Å². The SMILES string of the molecule is CCOC(COC(=O)c1cccc(OC)c1)OCC. The molecular formula is C14H20O5. The van der Waals surface area contributed by atoms with Crippen LogP contribution >= 0.6 is 0 Å². The van der Waals surface area contributed by atoms with Crippen LogP contribution in [0.4, 0.5) is 0 Å². The Balaban J connectivity index is 2.53. The van der Waals surface area contributed by atoms with Crippen LogP contribution in [0, 0.1) is 0 Å². The predicted octanol–water partition coefficient (Wildman–Crippen LogP) is 2.25. The van der Waals surface area contributed by atoms with Crippen LogP contribution in [0.5, 0.6) is 5.75 Å². The standard InChI is InChI=1S/C14H20O5/c1-4-17-13(18-5-2)10-19-14(15)11-7-6-8-12(9-11)16-3/h6-9,13H,4-5,10H2,1-3H3. The Morgan fingerprint density at radius 1 is 1.21 bits per heavy atom. The molecule has 0 bridgehead atoms. The van der Waals surface area contributed by atoms with Crippen LogP contribution in [0.3, 0.4) is 0 Å². The Labute approximate surface area is 113 Å². The van der Waals surface area contributed by atoms with E-state index in [1.54, 1.807) is 31.4 Å². The number of benzene rings is 1. The van der Waals surface area contributed by atoms with E-state index >= 15 is 0 Å². The van der Waals surface area contributed by atoms with Crippen molar-refractivity contribution in [2.75, 3.05) is 26.9 Å². The lowest BCUT2D eigenvalue weighted by Crippen LogP contribution is -2.25. The van der Waals surface area contributed by atoms with Gasteiger partial charge in [0, 0.05) is 13.2 Å². The smallest absolute Gasteiger partial charge is 0.338 e. The summed E-state index contributed by atoms with van der Waals surface area (Å²) in [6, 6.07) is 6.79. The van der Waals surface area contributed by atoms with Gasteiger partial charge < -0.3 is 18.9 Å². The van der Waals surface area contributed by atoms with E-state index in [2.05, 4.69) is 0 Å². The van der Waals surface area contributed by atoms with Crippen LogP contribution in [0.1, 0.15) is 24.2 Å². The minimum absolute atomic E-state index is 0.0672. The Bertz CT molecular complexity index is 385. The quantitative estimate of drug-likeness (QED) is 0.534. The molecule has 1 rings (SSSR count). The highest BCUT2D eigenvalue weighted by Crippen LogP contribution is 2.13. The lowest BCUT2D eigenvalue weighted by atomic mass is 10.2. The number of carbonyl (C=O) groups is 1. The molecule has 0 atom stereocenters. The third-order valence-electron chi connectivity index (χ3n) is 2.36. The molecule has 1 aromatic carbocycles. The molecule has 0 radical (unpaired) electrons. The number of rotatable bonds is 8. The van der Waals surface area contributed by atoms with E-state index in [1.807, 2.05) is 13.8 Å². The van der Waals surface area contributed by atoms with Gasteiger partial charge in [-0.25, -0.2) is 4.79 Å². The highest BCUT2D eigenvalue weighted by molar-refractivity contribution is 5.89. The van der Waals surface area contributed by atoms with Gasteiger partial charge in [-0.05, 0) is 32.0 Å². The zero-order chi connectivity index (χ0) is 14.1. The van der Waals surface area contributed by atoms with Gasteiger partial charge in [0.1, 0.15) is 12.4 Å². The Hall–Kier alpha value is -1.59. The first-order valence-corrected chi connectivity index (χ1v) is 6.25. The topological polar surface area (TPSA) is 54.0 Å².